The molecular formula is C13H18OS. The van der Waals surface area contributed by atoms with E-state index in [4.69, 9.17) is 0 Å². The molecule has 0 aliphatic rings. The number of benzene rings is 1. The predicted molar refractivity (Wildman–Crippen MR) is 67.2 cm³/mol. The van der Waals surface area contributed by atoms with Gasteiger partial charge in [0.05, 0.1) is 0 Å². The molecule has 1 aromatic rings. The fourth-order valence-electron chi connectivity index (χ4n) is 1.43. The average Bonchev–Trinajstić information content (AvgIpc) is 2.29. The van der Waals surface area contributed by atoms with E-state index in [1.54, 1.807) is 0 Å². The smallest absolute Gasteiger partial charge is 0.121 e. The van der Waals surface area contributed by atoms with Crippen LogP contribution in [0.15, 0.2) is 30.3 Å². The third-order valence-corrected chi connectivity index (χ3v) is 3.69. The minimum atomic E-state index is 0.343. The highest BCUT2D eigenvalue weighted by Gasteiger charge is 2.10. The maximum absolute atomic E-state index is 10.6. The van der Waals surface area contributed by atoms with Crippen molar-refractivity contribution in [1.82, 2.24) is 0 Å². The molecule has 0 saturated carbocycles. The van der Waals surface area contributed by atoms with Crippen molar-refractivity contribution in [1.29, 1.82) is 0 Å². The molecule has 15 heavy (non-hydrogen) atoms. The van der Waals surface area contributed by atoms with Gasteiger partial charge in [0.1, 0.15) is 6.29 Å². The van der Waals surface area contributed by atoms with Gasteiger partial charge in [0.2, 0.25) is 0 Å². The first-order valence-corrected chi connectivity index (χ1v) is 6.53. The van der Waals surface area contributed by atoms with Crippen molar-refractivity contribution in [3.8, 4) is 0 Å². The SMILES string of the molecule is CCCCSC(CC=O)c1ccccc1. The van der Waals surface area contributed by atoms with Crippen LogP contribution in [0.4, 0.5) is 0 Å². The summed E-state index contributed by atoms with van der Waals surface area (Å²) in [6, 6.07) is 10.3. The van der Waals surface area contributed by atoms with Crippen LogP contribution in [0.25, 0.3) is 0 Å². The number of unbranched alkanes of at least 4 members (excludes halogenated alkanes) is 1. The van der Waals surface area contributed by atoms with Crippen LogP contribution < -0.4 is 0 Å². The van der Waals surface area contributed by atoms with Crippen LogP contribution in [0, 0.1) is 0 Å². The van der Waals surface area contributed by atoms with Gasteiger partial charge in [-0.3, -0.25) is 0 Å². The molecular weight excluding hydrogens is 204 g/mol. The van der Waals surface area contributed by atoms with E-state index in [9.17, 15) is 4.79 Å². The first kappa shape index (κ1) is 12.3. The second kappa shape index (κ2) is 7.52. The van der Waals surface area contributed by atoms with Crippen LogP contribution in [0.3, 0.4) is 0 Å². The number of carbonyl (C=O) groups excluding carboxylic acids is 1. The maximum Gasteiger partial charge on any atom is 0.121 e. The summed E-state index contributed by atoms with van der Waals surface area (Å²) < 4.78 is 0. The van der Waals surface area contributed by atoms with Gasteiger partial charge in [-0.1, -0.05) is 43.7 Å². The molecule has 0 N–H and O–H groups in total. The Morgan fingerprint density at radius 2 is 2.07 bits per heavy atom. The predicted octanol–water partition coefficient (Wildman–Crippen LogP) is 3.85. The Kier molecular flexibility index (Phi) is 6.17. The van der Waals surface area contributed by atoms with Gasteiger partial charge in [0, 0.05) is 11.7 Å². The number of aldehydes is 1. The lowest BCUT2D eigenvalue weighted by atomic mass is 10.1. The molecule has 0 spiro atoms. The number of carbonyl (C=O) groups is 1. The molecule has 0 aliphatic heterocycles. The zero-order chi connectivity index (χ0) is 10.9. The molecule has 1 rings (SSSR count). The molecule has 1 aromatic carbocycles. The molecule has 0 saturated heterocycles. The van der Waals surface area contributed by atoms with Gasteiger partial charge in [-0.15, -0.1) is 0 Å². The van der Waals surface area contributed by atoms with E-state index < -0.39 is 0 Å². The molecule has 0 aromatic heterocycles. The lowest BCUT2D eigenvalue weighted by molar-refractivity contribution is -0.107. The highest BCUT2D eigenvalue weighted by atomic mass is 32.2. The Morgan fingerprint density at radius 3 is 2.67 bits per heavy atom. The number of rotatable bonds is 7. The third kappa shape index (κ3) is 4.52. The molecule has 1 atom stereocenters. The van der Waals surface area contributed by atoms with Crippen LogP contribution in [-0.4, -0.2) is 12.0 Å². The summed E-state index contributed by atoms with van der Waals surface area (Å²) in [5.41, 5.74) is 1.27. The molecule has 82 valence electrons. The Balaban J connectivity index is 2.53. The molecule has 0 heterocycles. The molecule has 0 aliphatic carbocycles. The van der Waals surface area contributed by atoms with Crippen molar-refractivity contribution >= 4 is 18.0 Å². The normalized spacial score (nSPS) is 12.3. The number of hydrogen-bond donors (Lipinski definition) is 0. The summed E-state index contributed by atoms with van der Waals surface area (Å²) in [4.78, 5) is 10.6. The zero-order valence-corrected chi connectivity index (χ0v) is 10.0. The van der Waals surface area contributed by atoms with Gasteiger partial charge in [0.15, 0.2) is 0 Å². The summed E-state index contributed by atoms with van der Waals surface area (Å²) in [6.07, 6.45) is 4.09. The van der Waals surface area contributed by atoms with Crippen LogP contribution in [-0.2, 0) is 4.79 Å². The van der Waals surface area contributed by atoms with Gasteiger partial charge in [-0.2, -0.15) is 11.8 Å². The Labute approximate surface area is 96.3 Å². The standard InChI is InChI=1S/C13H18OS/c1-2-3-11-15-13(9-10-14)12-7-5-4-6-8-12/h4-8,10,13H,2-3,9,11H2,1H3. The van der Waals surface area contributed by atoms with Gasteiger partial charge < -0.3 is 4.79 Å². The van der Waals surface area contributed by atoms with E-state index in [0.717, 1.165) is 12.0 Å². The van der Waals surface area contributed by atoms with E-state index in [-0.39, 0.29) is 0 Å². The highest BCUT2D eigenvalue weighted by Crippen LogP contribution is 2.31. The largest absolute Gasteiger partial charge is 0.303 e. The molecule has 2 heteroatoms. The average molecular weight is 222 g/mol. The minimum absolute atomic E-state index is 0.343. The maximum atomic E-state index is 10.6. The topological polar surface area (TPSA) is 17.1 Å². The van der Waals surface area contributed by atoms with Crippen molar-refractivity contribution in [2.45, 2.75) is 31.4 Å². The third-order valence-electron chi connectivity index (χ3n) is 2.30. The van der Waals surface area contributed by atoms with Gasteiger partial charge in [0.25, 0.3) is 0 Å². The molecule has 0 bridgehead atoms. The fourth-order valence-corrected chi connectivity index (χ4v) is 2.73. The Morgan fingerprint density at radius 1 is 1.33 bits per heavy atom. The Hall–Kier alpha value is -0.760. The van der Waals surface area contributed by atoms with E-state index in [1.165, 1.54) is 18.4 Å². The van der Waals surface area contributed by atoms with E-state index in [1.807, 2.05) is 30.0 Å². The van der Waals surface area contributed by atoms with Crippen molar-refractivity contribution < 1.29 is 4.79 Å². The Bertz CT molecular complexity index is 271. The lowest BCUT2D eigenvalue weighted by Gasteiger charge is -2.13. The van der Waals surface area contributed by atoms with E-state index in [0.29, 0.717) is 11.7 Å². The van der Waals surface area contributed by atoms with Crippen LogP contribution in [0.5, 0.6) is 0 Å². The quantitative estimate of drug-likeness (QED) is 0.515. The van der Waals surface area contributed by atoms with E-state index in [2.05, 4.69) is 19.1 Å². The molecule has 1 unspecified atom stereocenters. The van der Waals surface area contributed by atoms with Crippen molar-refractivity contribution in [3.63, 3.8) is 0 Å². The van der Waals surface area contributed by atoms with Crippen molar-refractivity contribution in [2.24, 2.45) is 0 Å². The molecule has 1 nitrogen and oxygen atoms in total. The molecule has 0 fully saturated rings. The van der Waals surface area contributed by atoms with Crippen LogP contribution in [0.1, 0.15) is 37.0 Å². The zero-order valence-electron chi connectivity index (χ0n) is 9.19. The molecule has 0 radical (unpaired) electrons. The monoisotopic (exact) mass is 222 g/mol. The first-order valence-electron chi connectivity index (χ1n) is 5.48. The second-order valence-corrected chi connectivity index (χ2v) is 4.84. The first-order chi connectivity index (χ1) is 7.38. The van der Waals surface area contributed by atoms with Crippen LogP contribution in [0.2, 0.25) is 0 Å². The highest BCUT2D eigenvalue weighted by molar-refractivity contribution is 7.99. The summed E-state index contributed by atoms with van der Waals surface area (Å²) >= 11 is 1.89. The van der Waals surface area contributed by atoms with Gasteiger partial charge in [-0.05, 0) is 17.7 Å². The minimum Gasteiger partial charge on any atom is -0.303 e. The summed E-state index contributed by atoms with van der Waals surface area (Å²) in [7, 11) is 0. The van der Waals surface area contributed by atoms with Crippen molar-refractivity contribution in [2.75, 3.05) is 5.75 Å². The van der Waals surface area contributed by atoms with Crippen molar-refractivity contribution in [3.05, 3.63) is 35.9 Å². The summed E-state index contributed by atoms with van der Waals surface area (Å²) in [5.74, 6) is 1.14. The van der Waals surface area contributed by atoms with E-state index >= 15 is 0 Å². The second-order valence-electron chi connectivity index (χ2n) is 3.53. The summed E-state index contributed by atoms with van der Waals surface area (Å²) in [6.45, 7) is 2.19. The molecule has 0 amide bonds. The lowest BCUT2D eigenvalue weighted by Crippen LogP contribution is -1.96. The fraction of sp³-hybridized carbons (Fsp3) is 0.462. The summed E-state index contributed by atoms with van der Waals surface area (Å²) in [5, 5.41) is 0.343. The number of thioether (sulfide) groups is 1. The number of hydrogen-bond acceptors (Lipinski definition) is 2. The van der Waals surface area contributed by atoms with Crippen LogP contribution >= 0.6 is 11.8 Å². The van der Waals surface area contributed by atoms with Gasteiger partial charge >= 0.3 is 0 Å². The van der Waals surface area contributed by atoms with Gasteiger partial charge in [-0.25, -0.2) is 0 Å².